The first kappa shape index (κ1) is 14.1. The van der Waals surface area contributed by atoms with E-state index in [0.29, 0.717) is 24.0 Å². The molecule has 2 aromatic rings. The molecule has 1 amide bonds. The molecule has 3 rings (SSSR count). The van der Waals surface area contributed by atoms with Crippen LogP contribution in [0.4, 0.5) is 0 Å². The molecule has 1 fully saturated rings. The molecule has 2 atom stereocenters. The van der Waals surface area contributed by atoms with Gasteiger partial charge in [0.15, 0.2) is 5.15 Å². The minimum Gasteiger partial charge on any atom is -0.473 e. The zero-order valence-electron chi connectivity index (χ0n) is 12.2. The van der Waals surface area contributed by atoms with Crippen molar-refractivity contribution in [1.82, 2.24) is 19.5 Å². The lowest BCUT2D eigenvalue weighted by molar-refractivity contribution is -0.126. The van der Waals surface area contributed by atoms with Gasteiger partial charge >= 0.3 is 0 Å². The predicted octanol–water partition coefficient (Wildman–Crippen LogP) is 1.94. The zero-order chi connectivity index (χ0) is 15.1. The molecule has 0 bridgehead atoms. The van der Waals surface area contributed by atoms with E-state index in [1.807, 2.05) is 20.9 Å². The number of halogens is 1. The van der Waals surface area contributed by atoms with Crippen LogP contribution in [0.5, 0.6) is 5.88 Å². The number of aryl methyl sites for hydroxylation is 1. The monoisotopic (exact) mass is 308 g/mol. The van der Waals surface area contributed by atoms with Gasteiger partial charge < -0.3 is 9.64 Å². The van der Waals surface area contributed by atoms with Crippen LogP contribution < -0.4 is 4.74 Å². The second-order valence-corrected chi connectivity index (χ2v) is 5.94. The van der Waals surface area contributed by atoms with Gasteiger partial charge in [0.1, 0.15) is 11.6 Å². The third-order valence-corrected chi connectivity index (χ3v) is 4.13. The topological polar surface area (TPSA) is 59.7 Å². The van der Waals surface area contributed by atoms with Crippen LogP contribution in [0.3, 0.4) is 0 Å². The number of carbonyl (C=O) groups is 1. The Hall–Kier alpha value is -1.82. The molecule has 0 aliphatic carbocycles. The van der Waals surface area contributed by atoms with Crippen LogP contribution in [-0.4, -0.2) is 45.1 Å². The van der Waals surface area contributed by atoms with Crippen molar-refractivity contribution >= 4 is 23.0 Å². The number of nitrogens with zero attached hydrogens (tertiary/aromatic N) is 4. The third-order valence-electron chi connectivity index (χ3n) is 3.95. The summed E-state index contributed by atoms with van der Waals surface area (Å²) in [6.45, 7) is 4.61. The molecule has 1 aliphatic rings. The maximum Gasteiger partial charge on any atom is 0.242 e. The summed E-state index contributed by atoms with van der Waals surface area (Å²) in [4.78, 5) is 17.6. The van der Waals surface area contributed by atoms with Crippen LogP contribution in [0.25, 0.3) is 5.52 Å². The van der Waals surface area contributed by atoms with E-state index < -0.39 is 0 Å². The van der Waals surface area contributed by atoms with Crippen molar-refractivity contribution in [3.8, 4) is 5.88 Å². The number of hydrogen-bond acceptors (Lipinski definition) is 4. The molecule has 112 valence electrons. The third kappa shape index (κ3) is 2.55. The Bertz CT molecular complexity index is 700. The number of aromatic nitrogens is 3. The summed E-state index contributed by atoms with van der Waals surface area (Å²) < 4.78 is 7.66. The number of fused-ring (bicyclic) bond motifs is 1. The first-order valence-corrected chi connectivity index (χ1v) is 7.24. The number of hydrogen-bond donors (Lipinski definition) is 0. The maximum atomic E-state index is 11.6. The number of carbonyl (C=O) groups excluding carboxylic acids is 1. The van der Waals surface area contributed by atoms with Crippen LogP contribution in [-0.2, 0) is 4.79 Å². The maximum absolute atomic E-state index is 11.6. The Morgan fingerprint density at radius 3 is 2.95 bits per heavy atom. The van der Waals surface area contributed by atoms with Crippen LogP contribution >= 0.6 is 11.6 Å². The van der Waals surface area contributed by atoms with E-state index in [0.717, 1.165) is 11.1 Å². The van der Waals surface area contributed by atoms with Gasteiger partial charge in [-0.25, -0.2) is 4.52 Å². The highest BCUT2D eigenvalue weighted by Crippen LogP contribution is 2.27. The smallest absolute Gasteiger partial charge is 0.242 e. The fraction of sp³-hybridized carbons (Fsp3) is 0.500. The Balaban J connectivity index is 1.88. The largest absolute Gasteiger partial charge is 0.473 e. The Labute approximate surface area is 127 Å². The van der Waals surface area contributed by atoms with Gasteiger partial charge in [-0.2, -0.15) is 10.1 Å². The standard InChI is InChI=1S/C14H17ClN4O2/c1-8-5-16-19-7-11(15)17-14(13(8)19)21-9(2)10-4-12(20)18(3)6-10/h5,7,9-10H,4,6H2,1-3H3/t9-,10-/m1/s1. The highest BCUT2D eigenvalue weighted by atomic mass is 35.5. The highest BCUT2D eigenvalue weighted by molar-refractivity contribution is 6.29. The van der Waals surface area contributed by atoms with Gasteiger partial charge in [-0.05, 0) is 13.8 Å². The van der Waals surface area contributed by atoms with E-state index in [-0.39, 0.29) is 17.9 Å². The molecular formula is C14H17ClN4O2. The van der Waals surface area contributed by atoms with Crippen molar-refractivity contribution in [3.05, 3.63) is 23.1 Å². The Morgan fingerprint density at radius 1 is 1.52 bits per heavy atom. The van der Waals surface area contributed by atoms with Crippen molar-refractivity contribution in [2.45, 2.75) is 26.4 Å². The van der Waals surface area contributed by atoms with E-state index >= 15 is 0 Å². The first-order valence-electron chi connectivity index (χ1n) is 6.87. The first-order chi connectivity index (χ1) is 9.95. The molecule has 0 unspecified atom stereocenters. The summed E-state index contributed by atoms with van der Waals surface area (Å²) in [6.07, 6.45) is 3.78. The van der Waals surface area contributed by atoms with Crippen LogP contribution in [0, 0.1) is 12.8 Å². The highest BCUT2D eigenvalue weighted by Gasteiger charge is 2.32. The van der Waals surface area contributed by atoms with Gasteiger partial charge in [0.05, 0.1) is 12.4 Å². The summed E-state index contributed by atoms with van der Waals surface area (Å²) in [5, 5.41) is 4.54. The summed E-state index contributed by atoms with van der Waals surface area (Å²) in [6, 6.07) is 0. The van der Waals surface area contributed by atoms with Crippen molar-refractivity contribution < 1.29 is 9.53 Å². The summed E-state index contributed by atoms with van der Waals surface area (Å²) in [5.41, 5.74) is 1.78. The SMILES string of the molecule is Cc1cnn2cc(Cl)nc(O[C@H](C)[C@@H]3CC(=O)N(C)C3)c12. The van der Waals surface area contributed by atoms with E-state index in [9.17, 15) is 4.79 Å². The molecule has 2 aromatic heterocycles. The van der Waals surface area contributed by atoms with Crippen molar-refractivity contribution in [2.24, 2.45) is 5.92 Å². The molecule has 1 saturated heterocycles. The van der Waals surface area contributed by atoms with Gasteiger partial charge in [-0.3, -0.25) is 4.79 Å². The predicted molar refractivity (Wildman–Crippen MR) is 78.6 cm³/mol. The Kier molecular flexibility index (Phi) is 3.49. The minimum absolute atomic E-state index is 0.122. The fourth-order valence-electron chi connectivity index (χ4n) is 2.66. The number of rotatable bonds is 3. The lowest BCUT2D eigenvalue weighted by Gasteiger charge is -2.20. The molecule has 0 saturated carbocycles. The van der Waals surface area contributed by atoms with Crippen molar-refractivity contribution in [3.63, 3.8) is 0 Å². The van der Waals surface area contributed by atoms with E-state index in [2.05, 4.69) is 10.1 Å². The van der Waals surface area contributed by atoms with Crippen LogP contribution in [0.1, 0.15) is 18.9 Å². The normalized spacial score (nSPS) is 20.3. The van der Waals surface area contributed by atoms with Gasteiger partial charge in [-0.1, -0.05) is 11.6 Å². The molecule has 21 heavy (non-hydrogen) atoms. The molecule has 1 aliphatic heterocycles. The Morgan fingerprint density at radius 2 is 2.29 bits per heavy atom. The van der Waals surface area contributed by atoms with Crippen LogP contribution in [0.15, 0.2) is 12.4 Å². The zero-order valence-corrected chi connectivity index (χ0v) is 13.0. The minimum atomic E-state index is -0.122. The number of ether oxygens (including phenoxy) is 1. The molecule has 0 aromatic carbocycles. The second-order valence-electron chi connectivity index (χ2n) is 5.55. The molecule has 0 spiro atoms. The molecule has 0 radical (unpaired) electrons. The van der Waals surface area contributed by atoms with Crippen molar-refractivity contribution in [2.75, 3.05) is 13.6 Å². The molecular weight excluding hydrogens is 292 g/mol. The molecule has 0 N–H and O–H groups in total. The van der Waals surface area contributed by atoms with Gasteiger partial charge in [0.25, 0.3) is 0 Å². The molecule has 3 heterocycles. The molecule has 6 nitrogen and oxygen atoms in total. The average Bonchev–Trinajstić information content (AvgIpc) is 2.94. The quantitative estimate of drug-likeness (QED) is 0.869. The summed E-state index contributed by atoms with van der Waals surface area (Å²) >= 11 is 6.01. The van der Waals surface area contributed by atoms with Gasteiger partial charge in [-0.15, -0.1) is 0 Å². The van der Waals surface area contributed by atoms with E-state index in [1.165, 1.54) is 0 Å². The van der Waals surface area contributed by atoms with E-state index in [4.69, 9.17) is 16.3 Å². The fourth-order valence-corrected chi connectivity index (χ4v) is 2.83. The van der Waals surface area contributed by atoms with Gasteiger partial charge in [0, 0.05) is 31.5 Å². The van der Waals surface area contributed by atoms with E-state index in [1.54, 1.807) is 21.8 Å². The van der Waals surface area contributed by atoms with Crippen LogP contribution in [0.2, 0.25) is 5.15 Å². The average molecular weight is 309 g/mol. The lowest BCUT2D eigenvalue weighted by Crippen LogP contribution is -2.27. The van der Waals surface area contributed by atoms with Crippen molar-refractivity contribution in [1.29, 1.82) is 0 Å². The molecule has 7 heteroatoms. The summed E-state index contributed by atoms with van der Waals surface area (Å²) in [5.74, 6) is 0.777. The number of likely N-dealkylation sites (tertiary alicyclic amines) is 1. The summed E-state index contributed by atoms with van der Waals surface area (Å²) in [7, 11) is 1.81. The van der Waals surface area contributed by atoms with Gasteiger partial charge in [0.2, 0.25) is 11.8 Å². The number of amides is 1. The second kappa shape index (κ2) is 5.18. The lowest BCUT2D eigenvalue weighted by atomic mass is 10.0.